The van der Waals surface area contributed by atoms with E-state index in [9.17, 15) is 58.5 Å². The summed E-state index contributed by atoms with van der Waals surface area (Å²) in [6.07, 6.45) is 3.30. The van der Waals surface area contributed by atoms with Gasteiger partial charge in [0.2, 0.25) is 47.3 Å². The number of likely N-dealkylation sites (tertiary alicyclic amines) is 1. The monoisotopic (exact) mass is 1070 g/mol. The fourth-order valence-corrected chi connectivity index (χ4v) is 7.63. The summed E-state index contributed by atoms with van der Waals surface area (Å²) >= 11 is 0. The first-order valence-corrected chi connectivity index (χ1v) is 24.7. The number of hydrogen-bond acceptors (Lipinski definition) is 19. The van der Waals surface area contributed by atoms with Gasteiger partial charge < -0.3 is 108 Å². The SMILES string of the molecule is NCCCCC(N)C(=O)N[C@H](C(=O)N[C@H](C(=O)NCC(=O)N[C@H](CCCN)C(=O)N1CCC[C@H]1C(=O)NC(Cc1cnc[nH]1)C(=O)N[C@@H](CCCCN)C(=O)N/C(=C\CCN=C(N)N)C(=O)O)[C@@H](O)CN)[C@@H](O)CN. The van der Waals surface area contributed by atoms with Crippen LogP contribution in [0, 0.1) is 0 Å². The largest absolute Gasteiger partial charge is 0.477 e. The number of H-pyrrole nitrogens is 1. The lowest BCUT2D eigenvalue weighted by Crippen LogP contribution is -2.63. The Balaban J connectivity index is 2.27. The number of guanidine groups is 1. The van der Waals surface area contributed by atoms with E-state index in [1.54, 1.807) is 0 Å². The van der Waals surface area contributed by atoms with Gasteiger partial charge in [-0.1, -0.05) is 12.5 Å². The highest BCUT2D eigenvalue weighted by Crippen LogP contribution is 2.20. The standard InChI is InChI=1S/C44H79N19O12/c45-13-3-1-8-25(50)36(67)61-35(32(65)20-49)41(72)62-34(31(64)19-48)40(71)55-22-33(66)57-27(10-5-15-47)42(73)63-17-7-12-30(63)39(70)60-29(18-24-21-53-23-56-24)38(69)58-26(9-2-4-14-46)37(68)59-28(43(74)75)11-6-16-54-44(51)52/h11,21,23,25-27,29-32,34-35,64-65H,1-10,12-20,22,45-50H2,(H,53,56)(H,55,71)(H,57,66)(H,58,69)(H,59,68)(H,60,70)(H,61,67)(H,62,72)(H,74,75)(H4,51,52,54)/b28-11-/t25?,26-,27+,29?,30-,31-,32-,34-,35-/m0/s1. The van der Waals surface area contributed by atoms with Gasteiger partial charge in [0.25, 0.3) is 0 Å². The Kier molecular flexibility index (Phi) is 29.6. The van der Waals surface area contributed by atoms with E-state index in [1.807, 2.05) is 0 Å². The zero-order valence-corrected chi connectivity index (χ0v) is 42.0. The van der Waals surface area contributed by atoms with Crippen LogP contribution in [0.3, 0.4) is 0 Å². The average Bonchev–Trinajstić information content (AvgIpc) is 4.10. The number of nitrogens with one attached hydrogen (secondary N) is 8. The average molecular weight is 1070 g/mol. The van der Waals surface area contributed by atoms with Gasteiger partial charge in [-0.05, 0) is 83.8 Å². The number of rotatable bonds is 36. The maximum Gasteiger partial charge on any atom is 0.352 e. The molecule has 0 aromatic carbocycles. The van der Waals surface area contributed by atoms with Crippen LogP contribution in [-0.2, 0) is 49.6 Å². The van der Waals surface area contributed by atoms with Crippen molar-refractivity contribution in [2.24, 2.45) is 50.9 Å². The summed E-state index contributed by atoms with van der Waals surface area (Å²) in [5, 5.41) is 47.9. The fraction of sp³-hybridized carbons (Fsp3) is 0.659. The predicted octanol–water partition coefficient (Wildman–Crippen LogP) is -8.80. The van der Waals surface area contributed by atoms with Gasteiger partial charge in [-0.2, -0.15) is 0 Å². The third-order valence-corrected chi connectivity index (χ3v) is 11.8. The number of hydrogen-bond donors (Lipinski definition) is 19. The van der Waals surface area contributed by atoms with Crippen molar-refractivity contribution in [1.82, 2.24) is 52.1 Å². The quantitative estimate of drug-likeness (QED) is 0.0128. The number of carbonyl (C=O) groups is 9. The Morgan fingerprint density at radius 1 is 0.747 bits per heavy atom. The molecule has 2 heterocycles. The zero-order chi connectivity index (χ0) is 56.0. The summed E-state index contributed by atoms with van der Waals surface area (Å²) in [5.74, 6) is -8.80. The summed E-state index contributed by atoms with van der Waals surface area (Å²) in [6, 6.07) is -9.74. The van der Waals surface area contributed by atoms with E-state index in [0.717, 1.165) is 0 Å². The van der Waals surface area contributed by atoms with Gasteiger partial charge >= 0.3 is 5.97 Å². The molecule has 422 valence electrons. The number of unbranched alkanes of at least 4 members (excludes halogenated alkanes) is 2. The number of nitrogens with two attached hydrogens (primary N) is 8. The number of aliphatic imine (C=N–C) groups is 1. The Morgan fingerprint density at radius 2 is 1.36 bits per heavy atom. The number of imidazole rings is 1. The third-order valence-electron chi connectivity index (χ3n) is 11.8. The van der Waals surface area contributed by atoms with E-state index in [4.69, 9.17) is 45.9 Å². The van der Waals surface area contributed by atoms with Crippen LogP contribution >= 0.6 is 0 Å². The van der Waals surface area contributed by atoms with Crippen molar-refractivity contribution in [1.29, 1.82) is 0 Å². The Hall–Kier alpha value is -6.87. The Morgan fingerprint density at radius 3 is 1.95 bits per heavy atom. The molecule has 27 N–H and O–H groups in total. The van der Waals surface area contributed by atoms with Crippen LogP contribution in [0.5, 0.6) is 0 Å². The first-order valence-electron chi connectivity index (χ1n) is 24.7. The van der Waals surface area contributed by atoms with Gasteiger partial charge in [0.15, 0.2) is 5.96 Å². The van der Waals surface area contributed by atoms with E-state index >= 15 is 0 Å². The lowest BCUT2D eigenvalue weighted by atomic mass is 10.0. The minimum absolute atomic E-state index is 0.00873. The minimum Gasteiger partial charge on any atom is -0.477 e. The van der Waals surface area contributed by atoms with Gasteiger partial charge in [-0.15, -0.1) is 0 Å². The predicted molar refractivity (Wildman–Crippen MR) is 271 cm³/mol. The number of carboxylic acid groups (broad SMARTS) is 1. The molecule has 0 saturated carbocycles. The van der Waals surface area contributed by atoms with E-state index < -0.39 is 133 Å². The van der Waals surface area contributed by atoms with Crippen molar-refractivity contribution in [3.05, 3.63) is 30.0 Å². The first-order chi connectivity index (χ1) is 35.7. The fourth-order valence-electron chi connectivity index (χ4n) is 7.63. The number of amides is 8. The van der Waals surface area contributed by atoms with Crippen molar-refractivity contribution >= 4 is 59.2 Å². The minimum atomic E-state index is -1.82. The molecule has 1 aliphatic rings. The highest BCUT2D eigenvalue weighted by atomic mass is 16.4. The highest BCUT2D eigenvalue weighted by molar-refractivity contribution is 5.99. The van der Waals surface area contributed by atoms with E-state index in [-0.39, 0.29) is 77.1 Å². The van der Waals surface area contributed by atoms with Crippen molar-refractivity contribution < 1.29 is 58.5 Å². The van der Waals surface area contributed by atoms with E-state index in [1.165, 1.54) is 23.5 Å². The summed E-state index contributed by atoms with van der Waals surface area (Å²) in [4.78, 5) is 133. The molecule has 0 aliphatic carbocycles. The molecular formula is C44H79N19O12. The molecule has 0 bridgehead atoms. The van der Waals surface area contributed by atoms with Gasteiger partial charge in [-0.25, -0.2) is 9.78 Å². The molecule has 1 saturated heterocycles. The second kappa shape index (κ2) is 34.6. The number of nitrogens with zero attached hydrogens (tertiary/aromatic N) is 3. The number of aliphatic hydroxyl groups is 2. The number of carboxylic acids is 1. The molecular weight excluding hydrogens is 987 g/mol. The topological polar surface area (TPSA) is 551 Å². The molecule has 9 atom stereocenters. The molecule has 1 aliphatic heterocycles. The van der Waals surface area contributed by atoms with Crippen LogP contribution < -0.4 is 83.1 Å². The first kappa shape index (κ1) is 64.2. The maximum absolute atomic E-state index is 14.2. The Bertz CT molecular complexity index is 2080. The smallest absolute Gasteiger partial charge is 0.352 e. The molecule has 31 heteroatoms. The van der Waals surface area contributed by atoms with Crippen LogP contribution in [0.4, 0.5) is 0 Å². The van der Waals surface area contributed by atoms with Gasteiger partial charge in [-0.3, -0.25) is 43.3 Å². The van der Waals surface area contributed by atoms with Gasteiger partial charge in [0.1, 0.15) is 41.9 Å². The Labute approximate surface area is 433 Å². The van der Waals surface area contributed by atoms with Crippen molar-refractivity contribution in [2.75, 3.05) is 52.4 Å². The molecule has 2 rings (SSSR count). The van der Waals surface area contributed by atoms with Crippen molar-refractivity contribution in [3.63, 3.8) is 0 Å². The number of aliphatic hydroxyl groups excluding tert-OH is 2. The van der Waals surface area contributed by atoms with Crippen molar-refractivity contribution in [2.45, 2.75) is 132 Å². The molecule has 1 aromatic heterocycles. The summed E-state index contributed by atoms with van der Waals surface area (Å²) in [5.41, 5.74) is 44.6. The normalized spacial score (nSPS) is 16.6. The molecule has 8 amide bonds. The second-order valence-corrected chi connectivity index (χ2v) is 17.6. The second-order valence-electron chi connectivity index (χ2n) is 17.6. The van der Waals surface area contributed by atoms with Crippen LogP contribution in [-0.4, -0.2) is 196 Å². The number of aliphatic carboxylic acids is 1. The van der Waals surface area contributed by atoms with Crippen LogP contribution in [0.2, 0.25) is 0 Å². The molecule has 1 fully saturated rings. The van der Waals surface area contributed by atoms with E-state index in [0.29, 0.717) is 44.3 Å². The molecule has 31 nitrogen and oxygen atoms in total. The lowest BCUT2D eigenvalue weighted by Gasteiger charge is -2.30. The molecule has 0 spiro atoms. The van der Waals surface area contributed by atoms with Crippen LogP contribution in [0.15, 0.2) is 29.3 Å². The molecule has 2 unspecified atom stereocenters. The van der Waals surface area contributed by atoms with Crippen molar-refractivity contribution in [3.8, 4) is 0 Å². The summed E-state index contributed by atoms with van der Waals surface area (Å²) in [6.45, 7) is -1.05. The van der Waals surface area contributed by atoms with Gasteiger partial charge in [0, 0.05) is 44.5 Å². The molecule has 75 heavy (non-hydrogen) atoms. The third kappa shape index (κ3) is 22.6. The summed E-state index contributed by atoms with van der Waals surface area (Å²) < 4.78 is 0. The molecule has 1 aromatic rings. The number of aromatic amines is 1. The number of carbonyl (C=O) groups excluding carboxylic acids is 8. The van der Waals surface area contributed by atoms with Crippen LogP contribution in [0.1, 0.15) is 76.3 Å². The molecule has 0 radical (unpaired) electrons. The van der Waals surface area contributed by atoms with Gasteiger partial charge in [0.05, 0.1) is 31.1 Å². The summed E-state index contributed by atoms with van der Waals surface area (Å²) in [7, 11) is 0. The zero-order valence-electron chi connectivity index (χ0n) is 42.0. The highest BCUT2D eigenvalue weighted by Gasteiger charge is 2.40. The maximum atomic E-state index is 14.2. The van der Waals surface area contributed by atoms with Crippen LogP contribution in [0.25, 0.3) is 0 Å². The lowest BCUT2D eigenvalue weighted by molar-refractivity contribution is -0.142. The van der Waals surface area contributed by atoms with E-state index in [2.05, 4.69) is 52.2 Å². The number of aromatic nitrogens is 2.